The van der Waals surface area contributed by atoms with Crippen molar-refractivity contribution in [1.82, 2.24) is 18.9 Å². The fraction of sp³-hybridized carbons (Fsp3) is 0.375. The van der Waals surface area contributed by atoms with E-state index in [-0.39, 0.29) is 0 Å². The zero-order chi connectivity index (χ0) is 18.1. The molecule has 1 fully saturated rings. The van der Waals surface area contributed by atoms with Crippen LogP contribution in [0.5, 0.6) is 0 Å². The van der Waals surface area contributed by atoms with E-state index in [1.807, 2.05) is 25.3 Å². The Morgan fingerprint density at radius 3 is 2.65 bits per heavy atom. The molecule has 1 aromatic carbocycles. The smallest absolute Gasteiger partial charge is 0.243 e. The number of fused-ring (bicyclic) bond motifs is 1. The maximum atomic E-state index is 12.6. The molecule has 8 nitrogen and oxygen atoms in total. The third-order valence-corrected chi connectivity index (χ3v) is 6.93. The van der Waals surface area contributed by atoms with Gasteiger partial charge >= 0.3 is 0 Å². The average molecular weight is 393 g/mol. The first-order valence-electron chi connectivity index (χ1n) is 8.26. The van der Waals surface area contributed by atoms with Crippen LogP contribution in [0.1, 0.15) is 11.3 Å². The van der Waals surface area contributed by atoms with Crippen molar-refractivity contribution >= 4 is 31.5 Å². The van der Waals surface area contributed by atoms with Crippen LogP contribution in [0.2, 0.25) is 0 Å². The molecule has 1 saturated heterocycles. The van der Waals surface area contributed by atoms with Crippen molar-refractivity contribution < 1.29 is 13.2 Å². The second-order valence-corrected chi connectivity index (χ2v) is 8.92. The van der Waals surface area contributed by atoms with Gasteiger partial charge in [-0.15, -0.1) is 5.10 Å². The molecule has 0 bridgehead atoms. The summed E-state index contributed by atoms with van der Waals surface area (Å²) < 4.78 is 33.7. The highest BCUT2D eigenvalue weighted by molar-refractivity contribution is 7.89. The second-order valence-electron chi connectivity index (χ2n) is 6.03. The number of imidazole rings is 1. The van der Waals surface area contributed by atoms with Crippen molar-refractivity contribution in [2.24, 2.45) is 0 Å². The van der Waals surface area contributed by atoms with Gasteiger partial charge in [0.25, 0.3) is 0 Å². The monoisotopic (exact) mass is 393 g/mol. The van der Waals surface area contributed by atoms with Crippen LogP contribution >= 0.6 is 11.3 Å². The molecule has 4 rings (SSSR count). The van der Waals surface area contributed by atoms with Gasteiger partial charge in [-0.05, 0) is 24.6 Å². The number of nitrogens with one attached hydrogen (secondary N) is 1. The molecular weight excluding hydrogens is 374 g/mol. The largest absolute Gasteiger partial charge is 0.379 e. The number of rotatable bonds is 5. The lowest BCUT2D eigenvalue weighted by molar-refractivity contribution is 0.0730. The fourth-order valence-corrected chi connectivity index (χ4v) is 5.00. The maximum absolute atomic E-state index is 12.6. The Labute approximate surface area is 155 Å². The quantitative estimate of drug-likeness (QED) is 0.710. The number of benzene rings is 1. The molecule has 3 heterocycles. The van der Waals surface area contributed by atoms with E-state index in [0.29, 0.717) is 37.7 Å². The minimum atomic E-state index is -3.45. The predicted molar refractivity (Wildman–Crippen MR) is 98.9 cm³/mol. The summed E-state index contributed by atoms with van der Waals surface area (Å²) in [4.78, 5) is 5.53. The van der Waals surface area contributed by atoms with E-state index < -0.39 is 10.0 Å². The zero-order valence-corrected chi connectivity index (χ0v) is 15.9. The van der Waals surface area contributed by atoms with Gasteiger partial charge in [0.2, 0.25) is 20.1 Å². The van der Waals surface area contributed by atoms with Crippen LogP contribution in [0.15, 0.2) is 35.4 Å². The van der Waals surface area contributed by atoms with Crippen molar-refractivity contribution in [1.29, 1.82) is 0 Å². The second kappa shape index (κ2) is 6.95. The molecule has 0 amide bonds. The zero-order valence-electron chi connectivity index (χ0n) is 14.3. The van der Waals surface area contributed by atoms with E-state index >= 15 is 0 Å². The highest BCUT2D eigenvalue weighted by atomic mass is 32.2. The Balaban J connectivity index is 1.42. The summed E-state index contributed by atoms with van der Waals surface area (Å²) in [5.41, 5.74) is 1.92. The van der Waals surface area contributed by atoms with Crippen LogP contribution in [0, 0.1) is 6.92 Å². The molecule has 3 aromatic rings. The van der Waals surface area contributed by atoms with E-state index in [9.17, 15) is 8.42 Å². The van der Waals surface area contributed by atoms with Crippen LogP contribution in [-0.2, 0) is 21.3 Å². The van der Waals surface area contributed by atoms with E-state index in [4.69, 9.17) is 4.74 Å². The van der Waals surface area contributed by atoms with Crippen molar-refractivity contribution in [2.45, 2.75) is 18.4 Å². The molecule has 1 N–H and O–H groups in total. The number of hydrogen-bond acceptors (Lipinski definition) is 7. The summed E-state index contributed by atoms with van der Waals surface area (Å²) in [6.45, 7) is 4.18. The van der Waals surface area contributed by atoms with Crippen molar-refractivity contribution in [3.63, 3.8) is 0 Å². The number of nitrogens with zero attached hydrogens (tertiary/aromatic N) is 4. The van der Waals surface area contributed by atoms with Gasteiger partial charge in [-0.2, -0.15) is 4.31 Å². The number of morpholine rings is 1. The Morgan fingerprint density at radius 2 is 1.96 bits per heavy atom. The fourth-order valence-electron chi connectivity index (χ4n) is 2.77. The molecule has 0 saturated carbocycles. The summed E-state index contributed by atoms with van der Waals surface area (Å²) in [6, 6.07) is 6.95. The molecule has 0 atom stereocenters. The molecule has 0 aliphatic carbocycles. The van der Waals surface area contributed by atoms with Crippen LogP contribution < -0.4 is 5.32 Å². The first kappa shape index (κ1) is 17.4. The minimum absolute atomic E-state index is 0.311. The number of anilines is 1. The summed E-state index contributed by atoms with van der Waals surface area (Å²) >= 11 is 1.48. The summed E-state index contributed by atoms with van der Waals surface area (Å²) in [7, 11) is -3.45. The average Bonchev–Trinajstić information content (AvgIpc) is 3.18. The van der Waals surface area contributed by atoms with Gasteiger partial charge in [0.05, 0.1) is 30.0 Å². The molecular formula is C16H19N5O3S2. The molecule has 1 aliphatic rings. The number of aromatic nitrogens is 3. The van der Waals surface area contributed by atoms with E-state index in [0.717, 1.165) is 21.3 Å². The van der Waals surface area contributed by atoms with Gasteiger partial charge in [-0.1, -0.05) is 23.5 Å². The van der Waals surface area contributed by atoms with Crippen molar-refractivity contribution in [3.8, 4) is 0 Å². The molecule has 26 heavy (non-hydrogen) atoms. The van der Waals surface area contributed by atoms with E-state index in [1.165, 1.54) is 15.6 Å². The third-order valence-electron chi connectivity index (χ3n) is 4.14. The SMILES string of the molecule is Cc1cn2nc(NCc3ccc(S(=O)(=O)N4CCOCC4)cc3)sc2n1. The number of sulfonamides is 1. The number of hydrogen-bond donors (Lipinski definition) is 1. The van der Waals surface area contributed by atoms with Crippen LogP contribution in [0.25, 0.3) is 4.96 Å². The molecule has 0 unspecified atom stereocenters. The first-order valence-corrected chi connectivity index (χ1v) is 10.5. The standard InChI is InChI=1S/C16H19N5O3S2/c1-12-11-21-16(18-12)25-15(19-21)17-10-13-2-4-14(5-3-13)26(22,23)20-6-8-24-9-7-20/h2-5,11H,6-10H2,1H3,(H,17,19). The molecule has 10 heteroatoms. The summed E-state index contributed by atoms with van der Waals surface area (Å²) in [5.74, 6) is 0. The lowest BCUT2D eigenvalue weighted by Crippen LogP contribution is -2.40. The van der Waals surface area contributed by atoms with Crippen molar-refractivity contribution in [2.75, 3.05) is 31.6 Å². The number of aryl methyl sites for hydroxylation is 1. The highest BCUT2D eigenvalue weighted by Crippen LogP contribution is 2.21. The van der Waals surface area contributed by atoms with Gasteiger partial charge in [-0.25, -0.2) is 17.9 Å². The highest BCUT2D eigenvalue weighted by Gasteiger charge is 2.26. The molecule has 1 aliphatic heterocycles. The Kier molecular flexibility index (Phi) is 4.65. The summed E-state index contributed by atoms with van der Waals surface area (Å²) in [5, 5.41) is 8.44. The van der Waals surface area contributed by atoms with E-state index in [1.54, 1.807) is 16.6 Å². The van der Waals surface area contributed by atoms with Crippen LogP contribution in [0.3, 0.4) is 0 Å². The normalized spacial score (nSPS) is 16.2. The summed E-state index contributed by atoms with van der Waals surface area (Å²) in [6.07, 6.45) is 1.88. The molecule has 0 radical (unpaired) electrons. The van der Waals surface area contributed by atoms with Gasteiger partial charge in [0.1, 0.15) is 0 Å². The third kappa shape index (κ3) is 3.45. The lowest BCUT2D eigenvalue weighted by Gasteiger charge is -2.26. The van der Waals surface area contributed by atoms with Crippen LogP contribution in [0.4, 0.5) is 5.13 Å². The van der Waals surface area contributed by atoms with Crippen molar-refractivity contribution in [3.05, 3.63) is 41.7 Å². The topological polar surface area (TPSA) is 88.8 Å². The lowest BCUT2D eigenvalue weighted by atomic mass is 10.2. The minimum Gasteiger partial charge on any atom is -0.379 e. The number of ether oxygens (including phenoxy) is 1. The predicted octanol–water partition coefficient (Wildman–Crippen LogP) is 1.73. The molecule has 2 aromatic heterocycles. The molecule has 0 spiro atoms. The van der Waals surface area contributed by atoms with Crippen LogP contribution in [-0.4, -0.2) is 53.6 Å². The van der Waals surface area contributed by atoms with Gasteiger partial charge in [0.15, 0.2) is 0 Å². The van der Waals surface area contributed by atoms with Gasteiger partial charge < -0.3 is 10.1 Å². The maximum Gasteiger partial charge on any atom is 0.243 e. The Hall–Kier alpha value is -2.01. The molecule has 138 valence electrons. The van der Waals surface area contributed by atoms with E-state index in [2.05, 4.69) is 15.4 Å². The van der Waals surface area contributed by atoms with Gasteiger partial charge in [0, 0.05) is 19.6 Å². The Morgan fingerprint density at radius 1 is 1.23 bits per heavy atom. The van der Waals surface area contributed by atoms with Gasteiger partial charge in [-0.3, -0.25) is 0 Å². The first-order chi connectivity index (χ1) is 12.5. The Bertz CT molecular complexity index is 973.